The predicted molar refractivity (Wildman–Crippen MR) is 60.2 cm³/mol. The van der Waals surface area contributed by atoms with Crippen molar-refractivity contribution in [1.82, 2.24) is 0 Å². The van der Waals surface area contributed by atoms with E-state index in [1.165, 1.54) is 12.8 Å². The molecular formula is C13H18FN. The molecule has 1 unspecified atom stereocenters. The van der Waals surface area contributed by atoms with Crippen molar-refractivity contribution in [3.8, 4) is 0 Å². The Labute approximate surface area is 90.5 Å². The molecule has 0 radical (unpaired) electrons. The van der Waals surface area contributed by atoms with Crippen LogP contribution in [0.15, 0.2) is 18.2 Å². The van der Waals surface area contributed by atoms with E-state index in [1.807, 2.05) is 12.1 Å². The highest BCUT2D eigenvalue weighted by atomic mass is 19.1. The molecule has 2 heteroatoms. The number of halogens is 1. The first-order chi connectivity index (χ1) is 7.16. The Hall–Kier alpha value is -0.890. The maximum absolute atomic E-state index is 13.2. The van der Waals surface area contributed by atoms with Gasteiger partial charge >= 0.3 is 0 Å². The van der Waals surface area contributed by atoms with E-state index in [2.05, 4.69) is 0 Å². The molecule has 1 fully saturated rings. The first kappa shape index (κ1) is 10.6. The highest BCUT2D eigenvalue weighted by Crippen LogP contribution is 2.33. The topological polar surface area (TPSA) is 26.0 Å². The van der Waals surface area contributed by atoms with Crippen molar-refractivity contribution >= 4 is 0 Å². The normalized spacial score (nSPS) is 17.8. The first-order valence-corrected chi connectivity index (χ1v) is 5.67. The monoisotopic (exact) mass is 207 g/mol. The molecule has 1 aromatic rings. The van der Waals surface area contributed by atoms with Crippen LogP contribution in [0.5, 0.6) is 0 Å². The smallest absolute Gasteiger partial charge is 0.126 e. The van der Waals surface area contributed by atoms with Crippen molar-refractivity contribution in [1.29, 1.82) is 0 Å². The van der Waals surface area contributed by atoms with Gasteiger partial charge in [0, 0.05) is 6.04 Å². The predicted octanol–water partition coefficient (Wildman–Crippen LogP) is 2.80. The Kier molecular flexibility index (Phi) is 3.06. The van der Waals surface area contributed by atoms with Gasteiger partial charge in [-0.2, -0.15) is 0 Å². The van der Waals surface area contributed by atoms with E-state index in [9.17, 15) is 4.39 Å². The van der Waals surface area contributed by atoms with Gasteiger partial charge < -0.3 is 5.73 Å². The first-order valence-electron chi connectivity index (χ1n) is 5.67. The van der Waals surface area contributed by atoms with Crippen molar-refractivity contribution in [2.75, 3.05) is 0 Å². The maximum atomic E-state index is 13.2. The third-order valence-corrected chi connectivity index (χ3v) is 3.23. The molecule has 82 valence electrons. The maximum Gasteiger partial charge on any atom is 0.126 e. The minimum Gasteiger partial charge on any atom is -0.327 e. The molecule has 0 saturated heterocycles. The number of hydrogen-bond donors (Lipinski definition) is 1. The molecule has 2 rings (SSSR count). The van der Waals surface area contributed by atoms with E-state index >= 15 is 0 Å². The number of rotatable bonds is 4. The molecule has 0 heterocycles. The lowest BCUT2D eigenvalue weighted by atomic mass is 10.0. The zero-order chi connectivity index (χ0) is 10.8. The number of benzene rings is 1. The van der Waals surface area contributed by atoms with Crippen LogP contribution in [0.25, 0.3) is 0 Å². The second kappa shape index (κ2) is 4.31. The average molecular weight is 207 g/mol. The van der Waals surface area contributed by atoms with E-state index in [1.54, 1.807) is 13.0 Å². The molecule has 0 bridgehead atoms. The van der Waals surface area contributed by atoms with Crippen LogP contribution < -0.4 is 5.73 Å². The number of nitrogens with two attached hydrogens (primary N) is 1. The summed E-state index contributed by atoms with van der Waals surface area (Å²) in [5.74, 6) is 0.632. The summed E-state index contributed by atoms with van der Waals surface area (Å²) in [7, 11) is 0. The highest BCUT2D eigenvalue weighted by molar-refractivity contribution is 5.23. The SMILES string of the molecule is Cc1ccc(CCC(N)C2CC2)cc1F. The van der Waals surface area contributed by atoms with Gasteiger partial charge in [-0.15, -0.1) is 0 Å². The molecule has 0 aromatic heterocycles. The lowest BCUT2D eigenvalue weighted by Gasteiger charge is -2.10. The molecule has 2 N–H and O–H groups in total. The van der Waals surface area contributed by atoms with Crippen LogP contribution in [-0.2, 0) is 6.42 Å². The second-order valence-electron chi connectivity index (χ2n) is 4.62. The van der Waals surface area contributed by atoms with Crippen molar-refractivity contribution in [3.63, 3.8) is 0 Å². The average Bonchev–Trinajstić information content (AvgIpc) is 3.03. The Bertz CT molecular complexity index is 344. The fourth-order valence-corrected chi connectivity index (χ4v) is 1.89. The minimum absolute atomic E-state index is 0.104. The molecule has 1 atom stereocenters. The van der Waals surface area contributed by atoms with Gasteiger partial charge in [-0.25, -0.2) is 4.39 Å². The highest BCUT2D eigenvalue weighted by Gasteiger charge is 2.27. The zero-order valence-corrected chi connectivity index (χ0v) is 9.17. The van der Waals surface area contributed by atoms with Gasteiger partial charge in [0.1, 0.15) is 5.82 Å². The second-order valence-corrected chi connectivity index (χ2v) is 4.62. The third-order valence-electron chi connectivity index (χ3n) is 3.23. The van der Waals surface area contributed by atoms with Gasteiger partial charge in [-0.1, -0.05) is 12.1 Å². The summed E-state index contributed by atoms with van der Waals surface area (Å²) in [5.41, 5.74) is 7.78. The fourth-order valence-electron chi connectivity index (χ4n) is 1.89. The van der Waals surface area contributed by atoms with Crippen LogP contribution in [0.3, 0.4) is 0 Å². The van der Waals surface area contributed by atoms with E-state index in [4.69, 9.17) is 5.73 Å². The Morgan fingerprint density at radius 1 is 1.47 bits per heavy atom. The summed E-state index contributed by atoms with van der Waals surface area (Å²) in [5, 5.41) is 0. The molecule has 1 aliphatic rings. The van der Waals surface area contributed by atoms with Gasteiger partial charge in [0.25, 0.3) is 0 Å². The quantitative estimate of drug-likeness (QED) is 0.807. The van der Waals surface area contributed by atoms with E-state index in [0.29, 0.717) is 11.6 Å². The van der Waals surface area contributed by atoms with Crippen molar-refractivity contribution < 1.29 is 4.39 Å². The van der Waals surface area contributed by atoms with Crippen molar-refractivity contribution in [3.05, 3.63) is 35.1 Å². The van der Waals surface area contributed by atoms with E-state index in [-0.39, 0.29) is 5.82 Å². The molecule has 0 aliphatic heterocycles. The molecule has 0 spiro atoms. The summed E-state index contributed by atoms with van der Waals surface area (Å²) < 4.78 is 13.2. The van der Waals surface area contributed by atoms with E-state index in [0.717, 1.165) is 24.3 Å². The number of hydrogen-bond acceptors (Lipinski definition) is 1. The fraction of sp³-hybridized carbons (Fsp3) is 0.538. The van der Waals surface area contributed by atoms with Gasteiger partial charge in [0.15, 0.2) is 0 Å². The largest absolute Gasteiger partial charge is 0.327 e. The molecular weight excluding hydrogens is 189 g/mol. The lowest BCUT2D eigenvalue weighted by molar-refractivity contribution is 0.548. The molecule has 1 aromatic carbocycles. The molecule has 1 saturated carbocycles. The van der Waals surface area contributed by atoms with Crippen molar-refractivity contribution in [2.24, 2.45) is 11.7 Å². The minimum atomic E-state index is -0.104. The molecule has 1 nitrogen and oxygen atoms in total. The van der Waals surface area contributed by atoms with Crippen LogP contribution >= 0.6 is 0 Å². The van der Waals surface area contributed by atoms with Crippen LogP contribution in [0.2, 0.25) is 0 Å². The molecule has 1 aliphatic carbocycles. The summed E-state index contributed by atoms with van der Waals surface area (Å²) >= 11 is 0. The van der Waals surface area contributed by atoms with Gasteiger partial charge in [0.05, 0.1) is 0 Å². The zero-order valence-electron chi connectivity index (χ0n) is 9.17. The lowest BCUT2D eigenvalue weighted by Crippen LogP contribution is -2.22. The summed E-state index contributed by atoms with van der Waals surface area (Å²) in [4.78, 5) is 0. The Morgan fingerprint density at radius 2 is 2.20 bits per heavy atom. The van der Waals surface area contributed by atoms with Crippen LogP contribution in [0.1, 0.15) is 30.4 Å². The summed E-state index contributed by atoms with van der Waals surface area (Å²) in [6, 6.07) is 5.79. The van der Waals surface area contributed by atoms with Gasteiger partial charge in [-0.3, -0.25) is 0 Å². The standard InChI is InChI=1S/C13H18FN/c1-9-2-3-10(8-12(9)14)4-7-13(15)11-5-6-11/h2-3,8,11,13H,4-7,15H2,1H3. The van der Waals surface area contributed by atoms with Gasteiger partial charge in [0.2, 0.25) is 0 Å². The van der Waals surface area contributed by atoms with Gasteiger partial charge in [-0.05, 0) is 55.7 Å². The Balaban J connectivity index is 1.89. The molecule has 15 heavy (non-hydrogen) atoms. The van der Waals surface area contributed by atoms with Crippen LogP contribution in [0, 0.1) is 18.7 Å². The Morgan fingerprint density at radius 3 is 2.80 bits per heavy atom. The van der Waals surface area contributed by atoms with Crippen LogP contribution in [-0.4, -0.2) is 6.04 Å². The van der Waals surface area contributed by atoms with E-state index < -0.39 is 0 Å². The van der Waals surface area contributed by atoms with Crippen molar-refractivity contribution in [2.45, 2.75) is 38.6 Å². The summed E-state index contributed by atoms with van der Waals surface area (Å²) in [6.45, 7) is 1.79. The van der Waals surface area contributed by atoms with Crippen LogP contribution in [0.4, 0.5) is 4.39 Å². The summed E-state index contributed by atoms with van der Waals surface area (Å²) in [6.07, 6.45) is 4.44. The molecule has 0 amide bonds. The number of aryl methyl sites for hydroxylation is 2. The third kappa shape index (κ3) is 2.78.